The number of aryl methyl sites for hydroxylation is 1. The van der Waals surface area contributed by atoms with Crippen LogP contribution in [0.1, 0.15) is 36.5 Å². The molecule has 1 saturated carbocycles. The van der Waals surface area contributed by atoms with Crippen LogP contribution in [0.5, 0.6) is 5.75 Å². The van der Waals surface area contributed by atoms with E-state index in [9.17, 15) is 4.79 Å². The molecule has 4 nitrogen and oxygen atoms in total. The van der Waals surface area contributed by atoms with Gasteiger partial charge in [-0.3, -0.25) is 4.79 Å². The van der Waals surface area contributed by atoms with Crippen molar-refractivity contribution in [3.05, 3.63) is 41.0 Å². The summed E-state index contributed by atoms with van der Waals surface area (Å²) in [6.07, 6.45) is 7.47. The number of Topliss-reactive ketones (excluding diaryl/α,β-unsaturated/α-hetero) is 1. The lowest BCUT2D eigenvalue weighted by Gasteiger charge is -2.70. The van der Waals surface area contributed by atoms with E-state index in [0.29, 0.717) is 6.04 Å². The standard InChI is InChI=1S/C23H27NO3/c1-13-9-15-11-18-21-5-6-23(26-4,16(12-21)14(2)25)20-22(21,7-8-24(18)3)19(15)17(10-13)27-20/h5-6,9-10,16,18,20H,7-8,11-12H2,1-4H3. The zero-order valence-electron chi connectivity index (χ0n) is 16.5. The van der Waals surface area contributed by atoms with Crippen molar-refractivity contribution in [2.45, 2.75) is 56.3 Å². The van der Waals surface area contributed by atoms with Gasteiger partial charge in [0.1, 0.15) is 23.2 Å². The fraction of sp³-hybridized carbons (Fsp3) is 0.609. The molecule has 4 heteroatoms. The van der Waals surface area contributed by atoms with Crippen LogP contribution in [0.15, 0.2) is 24.3 Å². The highest BCUT2D eigenvalue weighted by atomic mass is 16.6. The highest BCUT2D eigenvalue weighted by molar-refractivity contribution is 5.82. The molecule has 7 rings (SSSR count). The summed E-state index contributed by atoms with van der Waals surface area (Å²) >= 11 is 0. The van der Waals surface area contributed by atoms with Crippen molar-refractivity contribution in [3.8, 4) is 5.75 Å². The third kappa shape index (κ3) is 1.49. The minimum absolute atomic E-state index is 0.0468. The number of likely N-dealkylation sites (tertiary alicyclic amines) is 1. The maximum Gasteiger partial charge on any atom is 0.143 e. The molecule has 0 N–H and O–H groups in total. The number of rotatable bonds is 2. The van der Waals surface area contributed by atoms with E-state index < -0.39 is 5.60 Å². The van der Waals surface area contributed by atoms with Crippen molar-refractivity contribution in [2.24, 2.45) is 11.3 Å². The molecule has 4 bridgehead atoms. The van der Waals surface area contributed by atoms with Gasteiger partial charge in [-0.15, -0.1) is 0 Å². The minimum atomic E-state index is -0.657. The van der Waals surface area contributed by atoms with Crippen LogP contribution < -0.4 is 4.74 Å². The molecule has 142 valence electrons. The Morgan fingerprint density at radius 3 is 2.89 bits per heavy atom. The largest absolute Gasteiger partial charge is 0.486 e. The SMILES string of the molecule is COC12C=CC3(CC1C(C)=O)C1Cc4cc(C)cc5c4C3(CCN1C)C2O5. The van der Waals surface area contributed by atoms with E-state index in [-0.39, 0.29) is 28.6 Å². The number of nitrogens with zero attached hydrogens (tertiary/aromatic N) is 1. The van der Waals surface area contributed by atoms with Gasteiger partial charge in [-0.05, 0) is 63.9 Å². The zero-order valence-corrected chi connectivity index (χ0v) is 16.5. The van der Waals surface area contributed by atoms with Crippen molar-refractivity contribution in [1.29, 1.82) is 0 Å². The Kier molecular flexibility index (Phi) is 2.82. The summed E-state index contributed by atoms with van der Waals surface area (Å²) in [6.45, 7) is 4.95. The molecule has 0 radical (unpaired) electrons. The molecule has 6 aliphatic rings. The van der Waals surface area contributed by atoms with Crippen molar-refractivity contribution in [2.75, 3.05) is 20.7 Å². The summed E-state index contributed by atoms with van der Waals surface area (Å²) in [5, 5.41) is 0. The van der Waals surface area contributed by atoms with E-state index in [1.807, 2.05) is 0 Å². The second-order valence-corrected chi connectivity index (χ2v) is 9.52. The second-order valence-electron chi connectivity index (χ2n) is 9.52. The maximum atomic E-state index is 12.8. The fourth-order valence-corrected chi connectivity index (χ4v) is 7.72. The Labute approximate surface area is 160 Å². The van der Waals surface area contributed by atoms with E-state index in [1.54, 1.807) is 14.0 Å². The Morgan fingerprint density at radius 2 is 2.15 bits per heavy atom. The van der Waals surface area contributed by atoms with Gasteiger partial charge in [-0.2, -0.15) is 0 Å². The summed E-state index contributed by atoms with van der Waals surface area (Å²) in [5.41, 5.74) is 3.35. The van der Waals surface area contributed by atoms with Crippen molar-refractivity contribution >= 4 is 5.78 Å². The molecule has 6 unspecified atom stereocenters. The number of carbonyl (C=O) groups is 1. The third-order valence-corrected chi connectivity index (χ3v) is 8.68. The van der Waals surface area contributed by atoms with E-state index in [4.69, 9.17) is 9.47 Å². The molecule has 2 heterocycles. The first kappa shape index (κ1) is 16.3. The number of ether oxygens (including phenoxy) is 2. The Bertz CT molecular complexity index is 922. The number of hydrogen-bond acceptors (Lipinski definition) is 4. The highest BCUT2D eigenvalue weighted by Crippen LogP contribution is 2.73. The average molecular weight is 365 g/mol. The first-order valence-electron chi connectivity index (χ1n) is 10.2. The number of likely N-dealkylation sites (N-methyl/N-ethyl adjacent to an activating group) is 1. The normalized spacial score (nSPS) is 45.6. The molecule has 2 fully saturated rings. The van der Waals surface area contributed by atoms with Gasteiger partial charge < -0.3 is 14.4 Å². The van der Waals surface area contributed by atoms with Crippen LogP contribution in [0.2, 0.25) is 0 Å². The van der Waals surface area contributed by atoms with Gasteiger partial charge in [-0.25, -0.2) is 0 Å². The number of ketones is 1. The molecule has 1 aromatic carbocycles. The third-order valence-electron chi connectivity index (χ3n) is 8.68. The van der Waals surface area contributed by atoms with E-state index >= 15 is 0 Å². The summed E-state index contributed by atoms with van der Waals surface area (Å²) in [7, 11) is 4.01. The number of hydrogen-bond donors (Lipinski definition) is 0. The van der Waals surface area contributed by atoms with Gasteiger partial charge in [0, 0.05) is 24.1 Å². The van der Waals surface area contributed by atoms with Crippen molar-refractivity contribution < 1.29 is 14.3 Å². The van der Waals surface area contributed by atoms with E-state index in [1.165, 1.54) is 16.7 Å². The quantitative estimate of drug-likeness (QED) is 0.756. The Morgan fingerprint density at radius 1 is 1.33 bits per heavy atom. The molecule has 4 aliphatic carbocycles. The maximum absolute atomic E-state index is 12.8. The van der Waals surface area contributed by atoms with Crippen molar-refractivity contribution in [1.82, 2.24) is 4.90 Å². The van der Waals surface area contributed by atoms with E-state index in [2.05, 4.69) is 43.2 Å². The summed E-state index contributed by atoms with van der Waals surface area (Å²) in [5.74, 6) is 1.12. The lowest BCUT2D eigenvalue weighted by molar-refractivity contribution is -0.212. The van der Waals surface area contributed by atoms with Crippen LogP contribution in [-0.4, -0.2) is 49.1 Å². The van der Waals surface area contributed by atoms with Crippen LogP contribution in [-0.2, 0) is 21.4 Å². The highest BCUT2D eigenvalue weighted by Gasteiger charge is 2.79. The van der Waals surface area contributed by atoms with Crippen LogP contribution in [0.25, 0.3) is 0 Å². The zero-order chi connectivity index (χ0) is 18.8. The topological polar surface area (TPSA) is 38.8 Å². The predicted molar refractivity (Wildman–Crippen MR) is 102 cm³/mol. The number of benzene rings is 1. The monoisotopic (exact) mass is 365 g/mol. The molecule has 6 atom stereocenters. The lowest BCUT2D eigenvalue weighted by atomic mass is 9.37. The molecule has 27 heavy (non-hydrogen) atoms. The van der Waals surface area contributed by atoms with Gasteiger partial charge in [0.25, 0.3) is 0 Å². The van der Waals surface area contributed by atoms with Gasteiger partial charge in [0.05, 0.1) is 11.3 Å². The number of piperidine rings is 1. The number of carbonyl (C=O) groups excluding carboxylic acids is 1. The number of fused-ring (bicyclic) bond motifs is 1. The summed E-state index contributed by atoms with van der Waals surface area (Å²) < 4.78 is 12.9. The molecular weight excluding hydrogens is 338 g/mol. The van der Waals surface area contributed by atoms with Gasteiger partial charge in [0.15, 0.2) is 0 Å². The smallest absolute Gasteiger partial charge is 0.143 e. The molecule has 1 aromatic rings. The molecule has 0 amide bonds. The first-order chi connectivity index (χ1) is 12.9. The summed E-state index contributed by atoms with van der Waals surface area (Å²) in [4.78, 5) is 15.3. The van der Waals surface area contributed by atoms with Gasteiger partial charge >= 0.3 is 0 Å². The fourth-order valence-electron chi connectivity index (χ4n) is 7.72. The molecular formula is C23H27NO3. The van der Waals surface area contributed by atoms with Crippen LogP contribution in [0, 0.1) is 18.3 Å². The van der Waals surface area contributed by atoms with Crippen LogP contribution >= 0.6 is 0 Å². The van der Waals surface area contributed by atoms with Crippen LogP contribution in [0.3, 0.4) is 0 Å². The minimum Gasteiger partial charge on any atom is -0.486 e. The van der Waals surface area contributed by atoms with E-state index in [0.717, 1.165) is 31.6 Å². The Balaban J connectivity index is 1.72. The van der Waals surface area contributed by atoms with Gasteiger partial charge in [-0.1, -0.05) is 18.2 Å². The van der Waals surface area contributed by atoms with Crippen molar-refractivity contribution in [3.63, 3.8) is 0 Å². The second kappa shape index (κ2) is 4.66. The predicted octanol–water partition coefficient (Wildman–Crippen LogP) is 2.80. The summed E-state index contributed by atoms with van der Waals surface area (Å²) in [6, 6.07) is 4.97. The molecule has 2 aliphatic heterocycles. The average Bonchev–Trinajstić information content (AvgIpc) is 2.99. The number of methoxy groups -OCH3 is 1. The Hall–Kier alpha value is -1.65. The lowest BCUT2D eigenvalue weighted by Crippen LogP contribution is -2.79. The van der Waals surface area contributed by atoms with Gasteiger partial charge in [0.2, 0.25) is 0 Å². The first-order valence-corrected chi connectivity index (χ1v) is 10.2. The van der Waals surface area contributed by atoms with Crippen LogP contribution in [0.4, 0.5) is 0 Å². The molecule has 1 saturated heterocycles. The molecule has 2 spiro atoms. The molecule has 0 aromatic heterocycles.